The quantitative estimate of drug-likeness (QED) is 0.326. The van der Waals surface area contributed by atoms with Crippen LogP contribution in [0.15, 0.2) is 77.0 Å². The molecule has 7 heteroatoms. The molecule has 0 atom stereocenters. The zero-order valence-corrected chi connectivity index (χ0v) is 16.0. The van der Waals surface area contributed by atoms with Crippen molar-refractivity contribution < 1.29 is 13.5 Å². The number of thioether (sulfide) groups is 1. The van der Waals surface area contributed by atoms with Crippen LogP contribution in [0, 0.1) is 0 Å². The molecule has 3 rings (SSSR count). The third kappa shape index (κ3) is 4.34. The molecule has 0 aliphatic rings. The number of benzene rings is 2. The summed E-state index contributed by atoms with van der Waals surface area (Å²) in [5.74, 6) is 0.831. The normalized spacial score (nSPS) is 10.9. The molecular weight excluding hydrogens is 422 g/mol. The molecule has 2 aromatic carbocycles. The number of halogens is 3. The molecule has 0 aliphatic carbocycles. The Labute approximate surface area is 162 Å². The van der Waals surface area contributed by atoms with Gasteiger partial charge in [-0.3, -0.25) is 4.57 Å². The van der Waals surface area contributed by atoms with E-state index in [0.717, 1.165) is 26.6 Å². The summed E-state index contributed by atoms with van der Waals surface area (Å²) in [6.07, 6.45) is 3.61. The van der Waals surface area contributed by atoms with Crippen LogP contribution >= 0.6 is 27.7 Å². The molecule has 134 valence electrons. The molecule has 26 heavy (non-hydrogen) atoms. The van der Waals surface area contributed by atoms with Crippen molar-refractivity contribution in [3.05, 3.63) is 71.9 Å². The van der Waals surface area contributed by atoms with Gasteiger partial charge in [0.05, 0.1) is 11.9 Å². The average Bonchev–Trinajstić information content (AvgIpc) is 3.04. The van der Waals surface area contributed by atoms with E-state index in [4.69, 9.17) is 0 Å². The molecule has 0 bridgehead atoms. The monoisotopic (exact) mass is 436 g/mol. The molecular formula is C19H15BrF2N2OS. The molecule has 0 N–H and O–H groups in total. The van der Waals surface area contributed by atoms with Gasteiger partial charge in [0.15, 0.2) is 5.16 Å². The van der Waals surface area contributed by atoms with Crippen LogP contribution in [-0.4, -0.2) is 21.9 Å². The molecule has 0 saturated heterocycles. The number of hydrogen-bond donors (Lipinski definition) is 0. The Morgan fingerprint density at radius 3 is 2.46 bits per heavy atom. The predicted molar refractivity (Wildman–Crippen MR) is 104 cm³/mol. The van der Waals surface area contributed by atoms with Gasteiger partial charge in [-0.2, -0.15) is 8.78 Å². The molecule has 0 spiro atoms. The van der Waals surface area contributed by atoms with Gasteiger partial charge in [0.25, 0.3) is 0 Å². The Bertz CT molecular complexity index is 880. The van der Waals surface area contributed by atoms with Gasteiger partial charge in [0, 0.05) is 21.5 Å². The van der Waals surface area contributed by atoms with Gasteiger partial charge in [0.1, 0.15) is 5.75 Å². The van der Waals surface area contributed by atoms with E-state index >= 15 is 0 Å². The Morgan fingerprint density at radius 2 is 1.85 bits per heavy atom. The fraction of sp³-hybridized carbons (Fsp3) is 0.105. The van der Waals surface area contributed by atoms with Gasteiger partial charge in [0.2, 0.25) is 0 Å². The summed E-state index contributed by atoms with van der Waals surface area (Å²) in [6, 6.07) is 14.4. The number of alkyl halides is 2. The maximum Gasteiger partial charge on any atom is 0.387 e. The summed E-state index contributed by atoms with van der Waals surface area (Å²) in [6.45, 7) is 0.900. The fourth-order valence-electron chi connectivity index (χ4n) is 2.42. The van der Waals surface area contributed by atoms with E-state index in [-0.39, 0.29) is 5.75 Å². The van der Waals surface area contributed by atoms with E-state index in [1.807, 2.05) is 34.9 Å². The number of rotatable bonds is 7. The van der Waals surface area contributed by atoms with Crippen molar-refractivity contribution in [1.82, 2.24) is 9.55 Å². The van der Waals surface area contributed by atoms with Gasteiger partial charge in [-0.05, 0) is 36.4 Å². The van der Waals surface area contributed by atoms with Crippen LogP contribution in [0.4, 0.5) is 8.78 Å². The summed E-state index contributed by atoms with van der Waals surface area (Å²) in [5.41, 5.74) is 2.72. The first-order valence-electron chi connectivity index (χ1n) is 7.71. The van der Waals surface area contributed by atoms with Crippen LogP contribution in [0.2, 0.25) is 0 Å². The number of aromatic nitrogens is 2. The molecule has 0 radical (unpaired) electrons. The highest BCUT2D eigenvalue weighted by atomic mass is 79.9. The zero-order valence-electron chi connectivity index (χ0n) is 13.6. The second-order valence-corrected chi connectivity index (χ2v) is 7.14. The fourth-order valence-corrected chi connectivity index (χ4v) is 3.41. The minimum atomic E-state index is -2.84. The molecule has 1 heterocycles. The molecule has 1 aromatic heterocycles. The van der Waals surface area contributed by atoms with E-state index in [0.29, 0.717) is 5.75 Å². The van der Waals surface area contributed by atoms with Crippen molar-refractivity contribution in [3.8, 4) is 22.7 Å². The predicted octanol–water partition coefficient (Wildman–Crippen LogP) is 6.18. The van der Waals surface area contributed by atoms with Crippen LogP contribution < -0.4 is 4.74 Å². The summed E-state index contributed by atoms with van der Waals surface area (Å²) >= 11 is 4.98. The van der Waals surface area contributed by atoms with Crippen LogP contribution in [0.1, 0.15) is 0 Å². The lowest BCUT2D eigenvalue weighted by Gasteiger charge is -2.13. The molecule has 0 aliphatic heterocycles. The van der Waals surface area contributed by atoms with Crippen LogP contribution in [0.5, 0.6) is 5.75 Å². The van der Waals surface area contributed by atoms with Gasteiger partial charge in [-0.1, -0.05) is 45.9 Å². The number of imidazole rings is 1. The number of ether oxygens (including phenoxy) is 1. The van der Waals surface area contributed by atoms with Crippen molar-refractivity contribution >= 4 is 27.7 Å². The Kier molecular flexibility index (Phi) is 6.11. The van der Waals surface area contributed by atoms with E-state index in [2.05, 4.69) is 32.2 Å². The van der Waals surface area contributed by atoms with E-state index in [1.54, 1.807) is 30.1 Å². The van der Waals surface area contributed by atoms with E-state index in [1.165, 1.54) is 12.1 Å². The van der Waals surface area contributed by atoms with Gasteiger partial charge >= 0.3 is 6.61 Å². The number of hydrogen-bond acceptors (Lipinski definition) is 3. The topological polar surface area (TPSA) is 27.1 Å². The van der Waals surface area contributed by atoms with Crippen molar-refractivity contribution in [1.29, 1.82) is 0 Å². The Hall–Kier alpha value is -2.12. The number of nitrogens with zero attached hydrogens (tertiary/aromatic N) is 2. The lowest BCUT2D eigenvalue weighted by Crippen LogP contribution is -2.03. The third-order valence-electron chi connectivity index (χ3n) is 3.52. The van der Waals surface area contributed by atoms with Crippen molar-refractivity contribution in [3.63, 3.8) is 0 Å². The summed E-state index contributed by atoms with van der Waals surface area (Å²) < 4.78 is 32.1. The standard InChI is InChI=1S/C19H15BrF2N2OS/c1-2-11-26-19-23-12-17(13-3-5-14(20)6-4-13)24(19)15-7-9-16(10-8-15)25-18(21)22/h2-10,12,18H,1,11H2. The first kappa shape index (κ1) is 18.7. The Balaban J connectivity index is 2.03. The molecule has 3 nitrogen and oxygen atoms in total. The van der Waals surface area contributed by atoms with Crippen LogP contribution in [0.3, 0.4) is 0 Å². The maximum absolute atomic E-state index is 12.4. The second kappa shape index (κ2) is 8.51. The highest BCUT2D eigenvalue weighted by molar-refractivity contribution is 9.10. The first-order chi connectivity index (χ1) is 12.6. The van der Waals surface area contributed by atoms with Crippen molar-refractivity contribution in [2.45, 2.75) is 11.8 Å². The minimum Gasteiger partial charge on any atom is -0.435 e. The average molecular weight is 437 g/mol. The van der Waals surface area contributed by atoms with Gasteiger partial charge in [-0.15, -0.1) is 6.58 Å². The van der Waals surface area contributed by atoms with Crippen LogP contribution in [0.25, 0.3) is 16.9 Å². The maximum atomic E-state index is 12.4. The lowest BCUT2D eigenvalue weighted by atomic mass is 10.1. The molecule has 3 aromatic rings. The summed E-state index contributed by atoms with van der Waals surface area (Å²) in [7, 11) is 0. The molecule has 0 amide bonds. The molecule has 0 fully saturated rings. The van der Waals surface area contributed by atoms with Crippen molar-refractivity contribution in [2.24, 2.45) is 0 Å². The molecule has 0 unspecified atom stereocenters. The summed E-state index contributed by atoms with van der Waals surface area (Å²) in [4.78, 5) is 4.51. The highest BCUT2D eigenvalue weighted by Gasteiger charge is 2.14. The second-order valence-electron chi connectivity index (χ2n) is 5.24. The molecule has 0 saturated carbocycles. The highest BCUT2D eigenvalue weighted by Crippen LogP contribution is 2.31. The van der Waals surface area contributed by atoms with E-state index < -0.39 is 6.61 Å². The smallest absolute Gasteiger partial charge is 0.387 e. The van der Waals surface area contributed by atoms with Gasteiger partial charge < -0.3 is 4.74 Å². The summed E-state index contributed by atoms with van der Waals surface area (Å²) in [5, 5.41) is 0.797. The largest absolute Gasteiger partial charge is 0.435 e. The Morgan fingerprint density at radius 1 is 1.15 bits per heavy atom. The van der Waals surface area contributed by atoms with E-state index in [9.17, 15) is 8.78 Å². The van der Waals surface area contributed by atoms with Crippen LogP contribution in [-0.2, 0) is 0 Å². The zero-order chi connectivity index (χ0) is 18.5. The SMILES string of the molecule is C=CCSc1ncc(-c2ccc(Br)cc2)n1-c1ccc(OC(F)F)cc1. The van der Waals surface area contributed by atoms with Gasteiger partial charge in [-0.25, -0.2) is 4.98 Å². The first-order valence-corrected chi connectivity index (χ1v) is 9.49. The minimum absolute atomic E-state index is 0.120. The lowest BCUT2D eigenvalue weighted by molar-refractivity contribution is -0.0498. The van der Waals surface area contributed by atoms with Crippen molar-refractivity contribution in [2.75, 3.05) is 5.75 Å². The third-order valence-corrected chi connectivity index (χ3v) is 5.00.